The highest BCUT2D eigenvalue weighted by Crippen LogP contribution is 2.31. The monoisotopic (exact) mass is 276 g/mol. The number of hydrogen-bond acceptors (Lipinski definition) is 4. The molecule has 0 saturated carbocycles. The van der Waals surface area contributed by atoms with Crippen molar-refractivity contribution >= 4 is 17.5 Å². The topological polar surface area (TPSA) is 59.1 Å². The van der Waals surface area contributed by atoms with E-state index < -0.39 is 11.9 Å². The van der Waals surface area contributed by atoms with Crippen molar-refractivity contribution in [2.75, 3.05) is 14.2 Å². The number of urea groups is 1. The Bertz CT molecular complexity index is 554. The lowest BCUT2D eigenvalue weighted by atomic mass is 10.0. The van der Waals surface area contributed by atoms with E-state index >= 15 is 0 Å². The maximum Gasteiger partial charge on any atom is 0.380 e. The molecule has 0 unspecified atom stereocenters. The second-order valence-electron chi connectivity index (χ2n) is 4.09. The summed E-state index contributed by atoms with van der Waals surface area (Å²) in [4.78, 5) is 34.1. The zero-order valence-corrected chi connectivity index (χ0v) is 11.6. The predicted octanol–water partition coefficient (Wildman–Crippen LogP) is 2.19. The van der Waals surface area contributed by atoms with E-state index in [0.717, 1.165) is 16.2 Å². The van der Waals surface area contributed by atoms with Gasteiger partial charge < -0.3 is 0 Å². The highest BCUT2D eigenvalue weighted by molar-refractivity contribution is 6.14. The summed E-state index contributed by atoms with van der Waals surface area (Å²) < 4.78 is 0. The predicted molar refractivity (Wildman–Crippen MR) is 71.8 cm³/mol. The maximum atomic E-state index is 12.3. The number of hydroxylamine groups is 4. The Kier molecular flexibility index (Phi) is 4.16. The Morgan fingerprint density at radius 1 is 1.05 bits per heavy atom. The average Bonchev–Trinajstić information content (AvgIpc) is 2.72. The zero-order valence-electron chi connectivity index (χ0n) is 11.6. The van der Waals surface area contributed by atoms with Crippen molar-refractivity contribution in [2.45, 2.75) is 13.3 Å². The fourth-order valence-electron chi connectivity index (χ4n) is 2.18. The fraction of sp³-hybridized carbons (Fsp3) is 0.286. The molecule has 0 aromatic heterocycles. The second kappa shape index (κ2) is 5.85. The summed E-state index contributed by atoms with van der Waals surface area (Å²) in [6.07, 6.45) is 0.579. The first-order valence-electron chi connectivity index (χ1n) is 6.21. The smallest absolute Gasteiger partial charge is 0.268 e. The van der Waals surface area contributed by atoms with Crippen LogP contribution in [0.25, 0.3) is 5.57 Å². The minimum atomic E-state index is -0.656. The molecule has 1 aliphatic heterocycles. The van der Waals surface area contributed by atoms with Gasteiger partial charge in [0, 0.05) is 0 Å². The van der Waals surface area contributed by atoms with Gasteiger partial charge in [0.1, 0.15) is 5.70 Å². The molecule has 106 valence electrons. The van der Waals surface area contributed by atoms with Gasteiger partial charge in [-0.2, -0.15) is 5.06 Å². The fourth-order valence-corrected chi connectivity index (χ4v) is 2.18. The Labute approximate surface area is 117 Å². The van der Waals surface area contributed by atoms with Crippen LogP contribution in [0, 0.1) is 0 Å². The SMILES string of the molecule is CCC(=C1C(=O)N(OC)C(=O)N1OC)c1ccccc1. The van der Waals surface area contributed by atoms with Crippen molar-refractivity contribution < 1.29 is 19.3 Å². The summed E-state index contributed by atoms with van der Waals surface area (Å²) >= 11 is 0. The minimum absolute atomic E-state index is 0.188. The number of hydrogen-bond donors (Lipinski definition) is 0. The van der Waals surface area contributed by atoms with E-state index in [1.165, 1.54) is 14.2 Å². The van der Waals surface area contributed by atoms with E-state index in [0.29, 0.717) is 11.5 Å². The number of imide groups is 1. The molecule has 1 fully saturated rings. The standard InChI is InChI=1S/C14H16N2O4/c1-4-11(10-8-6-5-7-9-10)12-13(17)16(20-3)14(18)15(12)19-2/h5-9H,4H2,1-3H3. The molecule has 1 aliphatic rings. The van der Waals surface area contributed by atoms with Gasteiger partial charge in [0.2, 0.25) is 0 Å². The van der Waals surface area contributed by atoms with Gasteiger partial charge in [-0.1, -0.05) is 37.3 Å². The van der Waals surface area contributed by atoms with Crippen LogP contribution >= 0.6 is 0 Å². The molecule has 0 N–H and O–H groups in total. The van der Waals surface area contributed by atoms with Gasteiger partial charge in [0.05, 0.1) is 14.2 Å². The zero-order chi connectivity index (χ0) is 14.7. The quantitative estimate of drug-likeness (QED) is 0.625. The molecule has 0 radical (unpaired) electrons. The molecular weight excluding hydrogens is 260 g/mol. The summed E-state index contributed by atoms with van der Waals surface area (Å²) in [7, 11) is 2.60. The Morgan fingerprint density at radius 2 is 1.65 bits per heavy atom. The van der Waals surface area contributed by atoms with Crippen LogP contribution in [0.2, 0.25) is 0 Å². The average molecular weight is 276 g/mol. The van der Waals surface area contributed by atoms with Crippen LogP contribution in [0.1, 0.15) is 18.9 Å². The first kappa shape index (κ1) is 14.2. The molecule has 6 heteroatoms. The Hall–Kier alpha value is -2.18. The van der Waals surface area contributed by atoms with Gasteiger partial charge in [-0.25, -0.2) is 4.79 Å². The molecule has 1 aromatic rings. The highest BCUT2D eigenvalue weighted by atomic mass is 16.7. The third kappa shape index (κ3) is 2.19. The largest absolute Gasteiger partial charge is 0.380 e. The summed E-state index contributed by atoms with van der Waals surface area (Å²) in [5.74, 6) is -0.528. The van der Waals surface area contributed by atoms with E-state index in [-0.39, 0.29) is 5.70 Å². The minimum Gasteiger partial charge on any atom is -0.268 e. The number of carbonyl (C=O) groups excluding carboxylic acids is 2. The van der Waals surface area contributed by atoms with Gasteiger partial charge in [-0.15, -0.1) is 5.06 Å². The van der Waals surface area contributed by atoms with Gasteiger partial charge in [-0.05, 0) is 17.6 Å². The molecule has 3 amide bonds. The molecule has 2 rings (SSSR count). The van der Waals surface area contributed by atoms with Gasteiger partial charge in [0.15, 0.2) is 0 Å². The molecule has 0 aliphatic carbocycles. The van der Waals surface area contributed by atoms with Crippen LogP contribution in [0.3, 0.4) is 0 Å². The first-order chi connectivity index (χ1) is 9.65. The number of allylic oxidation sites excluding steroid dienone is 1. The van der Waals surface area contributed by atoms with Crippen LogP contribution in [-0.2, 0) is 14.5 Å². The molecular formula is C14H16N2O4. The molecule has 6 nitrogen and oxygen atoms in total. The number of rotatable bonds is 4. The van der Waals surface area contributed by atoms with E-state index in [9.17, 15) is 9.59 Å². The van der Waals surface area contributed by atoms with Crippen LogP contribution < -0.4 is 0 Å². The van der Waals surface area contributed by atoms with E-state index in [4.69, 9.17) is 9.68 Å². The molecule has 1 heterocycles. The van der Waals surface area contributed by atoms with Crippen molar-refractivity contribution in [3.63, 3.8) is 0 Å². The van der Waals surface area contributed by atoms with Crippen LogP contribution in [0.15, 0.2) is 36.0 Å². The lowest BCUT2D eigenvalue weighted by Crippen LogP contribution is -2.31. The molecule has 0 spiro atoms. The maximum absolute atomic E-state index is 12.3. The van der Waals surface area contributed by atoms with Crippen molar-refractivity contribution in [1.29, 1.82) is 0 Å². The van der Waals surface area contributed by atoms with Crippen molar-refractivity contribution in [3.8, 4) is 0 Å². The lowest BCUT2D eigenvalue weighted by molar-refractivity contribution is -0.152. The van der Waals surface area contributed by atoms with Crippen LogP contribution in [0.4, 0.5) is 4.79 Å². The van der Waals surface area contributed by atoms with Crippen molar-refractivity contribution in [1.82, 2.24) is 10.1 Å². The molecule has 1 aromatic carbocycles. The normalized spacial score (nSPS) is 17.9. The first-order valence-corrected chi connectivity index (χ1v) is 6.21. The van der Waals surface area contributed by atoms with Crippen LogP contribution in [0.5, 0.6) is 0 Å². The van der Waals surface area contributed by atoms with Crippen molar-refractivity contribution in [2.24, 2.45) is 0 Å². The van der Waals surface area contributed by atoms with Crippen molar-refractivity contribution in [3.05, 3.63) is 41.6 Å². The summed E-state index contributed by atoms with van der Waals surface area (Å²) in [5.41, 5.74) is 1.78. The van der Waals surface area contributed by atoms with Crippen LogP contribution in [-0.4, -0.2) is 36.3 Å². The van der Waals surface area contributed by atoms with Gasteiger partial charge in [0.25, 0.3) is 0 Å². The molecule has 20 heavy (non-hydrogen) atoms. The number of benzene rings is 1. The molecule has 0 bridgehead atoms. The number of amides is 3. The Balaban J connectivity index is 2.59. The highest BCUT2D eigenvalue weighted by Gasteiger charge is 2.44. The second-order valence-corrected chi connectivity index (χ2v) is 4.09. The van der Waals surface area contributed by atoms with E-state index in [1.54, 1.807) is 0 Å². The third-order valence-electron chi connectivity index (χ3n) is 3.06. The van der Waals surface area contributed by atoms with E-state index in [2.05, 4.69) is 0 Å². The van der Waals surface area contributed by atoms with Gasteiger partial charge >= 0.3 is 11.9 Å². The molecule has 1 saturated heterocycles. The lowest BCUT2D eigenvalue weighted by Gasteiger charge is -2.15. The Morgan fingerprint density at radius 3 is 2.15 bits per heavy atom. The third-order valence-corrected chi connectivity index (χ3v) is 3.06. The number of nitrogens with zero attached hydrogens (tertiary/aromatic N) is 2. The summed E-state index contributed by atoms with van der Waals surface area (Å²) in [6, 6.07) is 8.74. The van der Waals surface area contributed by atoms with Gasteiger partial charge in [-0.3, -0.25) is 14.5 Å². The summed E-state index contributed by atoms with van der Waals surface area (Å²) in [5, 5.41) is 1.63. The van der Waals surface area contributed by atoms with E-state index in [1.807, 2.05) is 37.3 Å². The summed E-state index contributed by atoms with van der Waals surface area (Å²) in [6.45, 7) is 1.91. The number of carbonyl (C=O) groups is 2. The molecule has 0 atom stereocenters.